The normalized spacial score (nSPS) is 20.1. The minimum absolute atomic E-state index is 0.0318. The number of Topliss-reactive ketones (excluding diaryl/α,β-unsaturated/α-hetero) is 1. The lowest BCUT2D eigenvalue weighted by atomic mass is 9.71. The van der Waals surface area contributed by atoms with Crippen LogP contribution >= 0.6 is 0 Å². The molecule has 14 heavy (non-hydrogen) atoms. The van der Waals surface area contributed by atoms with E-state index in [-0.39, 0.29) is 11.8 Å². The van der Waals surface area contributed by atoms with Gasteiger partial charge in [0.05, 0.1) is 6.61 Å². The Balaban J connectivity index is 2.80. The molecule has 0 atom stereocenters. The van der Waals surface area contributed by atoms with Crippen LogP contribution in [0.5, 0.6) is 0 Å². The zero-order chi connectivity index (χ0) is 10.6. The molecule has 0 aromatic heterocycles. The zero-order valence-corrected chi connectivity index (χ0v) is 8.97. The van der Waals surface area contributed by atoms with E-state index in [9.17, 15) is 9.59 Å². The Kier molecular flexibility index (Phi) is 3.67. The molecule has 0 saturated heterocycles. The fourth-order valence-corrected chi connectivity index (χ4v) is 2.12. The van der Waals surface area contributed by atoms with E-state index in [0.29, 0.717) is 19.4 Å². The second-order valence-corrected chi connectivity index (χ2v) is 3.92. The summed E-state index contributed by atoms with van der Waals surface area (Å²) < 4.78 is 4.99. The van der Waals surface area contributed by atoms with Crippen LogP contribution in [0.1, 0.15) is 46.0 Å². The van der Waals surface area contributed by atoms with Crippen LogP contribution < -0.4 is 0 Å². The Morgan fingerprint density at radius 1 is 1.21 bits per heavy atom. The third-order valence-corrected chi connectivity index (χ3v) is 3.05. The van der Waals surface area contributed by atoms with Gasteiger partial charge in [-0.2, -0.15) is 0 Å². The summed E-state index contributed by atoms with van der Waals surface area (Å²) in [6.07, 6.45) is 4.37. The van der Waals surface area contributed by atoms with Gasteiger partial charge < -0.3 is 4.74 Å². The second-order valence-electron chi connectivity index (χ2n) is 3.92. The van der Waals surface area contributed by atoms with E-state index in [0.717, 1.165) is 19.3 Å². The fraction of sp³-hybridized carbons (Fsp3) is 0.818. The van der Waals surface area contributed by atoms with Crippen molar-refractivity contribution in [3.8, 4) is 0 Å². The Labute approximate surface area is 84.8 Å². The van der Waals surface area contributed by atoms with E-state index in [1.54, 1.807) is 6.92 Å². The first-order valence-corrected chi connectivity index (χ1v) is 5.32. The van der Waals surface area contributed by atoms with Crippen LogP contribution in [0.4, 0.5) is 0 Å². The van der Waals surface area contributed by atoms with E-state index in [2.05, 4.69) is 0 Å². The first kappa shape index (κ1) is 11.2. The highest BCUT2D eigenvalue weighted by atomic mass is 16.5. The smallest absolute Gasteiger partial charge is 0.319 e. The number of carbonyl (C=O) groups excluding carboxylic acids is 2. The predicted molar refractivity (Wildman–Crippen MR) is 52.8 cm³/mol. The fourth-order valence-electron chi connectivity index (χ4n) is 2.12. The summed E-state index contributed by atoms with van der Waals surface area (Å²) in [7, 11) is 0. The Morgan fingerprint density at radius 3 is 2.21 bits per heavy atom. The van der Waals surface area contributed by atoms with Crippen LogP contribution in [-0.2, 0) is 14.3 Å². The maximum absolute atomic E-state index is 11.7. The van der Waals surface area contributed by atoms with E-state index >= 15 is 0 Å². The average molecular weight is 198 g/mol. The van der Waals surface area contributed by atoms with Crippen LogP contribution in [0, 0.1) is 5.41 Å². The molecule has 1 aliphatic carbocycles. The van der Waals surface area contributed by atoms with Gasteiger partial charge in [0, 0.05) is 0 Å². The van der Waals surface area contributed by atoms with Crippen LogP contribution in [-0.4, -0.2) is 18.4 Å². The number of rotatable bonds is 3. The molecule has 1 fully saturated rings. The Morgan fingerprint density at radius 2 is 1.79 bits per heavy atom. The van der Waals surface area contributed by atoms with E-state index in [1.807, 2.05) is 0 Å². The molecule has 0 aromatic rings. The topological polar surface area (TPSA) is 43.4 Å². The molecule has 0 bridgehead atoms. The minimum atomic E-state index is -0.811. The number of hydrogen-bond donors (Lipinski definition) is 0. The molecule has 1 saturated carbocycles. The molecule has 0 aliphatic heterocycles. The second kappa shape index (κ2) is 4.58. The summed E-state index contributed by atoms with van der Waals surface area (Å²) in [4.78, 5) is 23.3. The number of carbonyl (C=O) groups is 2. The van der Waals surface area contributed by atoms with Crippen molar-refractivity contribution < 1.29 is 14.3 Å². The lowest BCUT2D eigenvalue weighted by Gasteiger charge is -2.32. The van der Waals surface area contributed by atoms with Gasteiger partial charge in [-0.1, -0.05) is 19.3 Å². The first-order valence-electron chi connectivity index (χ1n) is 5.32. The number of esters is 1. The molecular weight excluding hydrogens is 180 g/mol. The van der Waals surface area contributed by atoms with Crippen molar-refractivity contribution in [2.45, 2.75) is 46.0 Å². The summed E-state index contributed by atoms with van der Waals surface area (Å²) in [5.41, 5.74) is -0.811. The third kappa shape index (κ3) is 1.97. The van der Waals surface area contributed by atoms with Gasteiger partial charge in [0.25, 0.3) is 0 Å². The number of ketones is 1. The van der Waals surface area contributed by atoms with Crippen molar-refractivity contribution in [2.24, 2.45) is 5.41 Å². The number of hydrogen-bond acceptors (Lipinski definition) is 3. The molecule has 1 rings (SSSR count). The summed E-state index contributed by atoms with van der Waals surface area (Å²) >= 11 is 0. The molecule has 80 valence electrons. The maximum Gasteiger partial charge on any atom is 0.319 e. The molecule has 0 N–H and O–H groups in total. The molecule has 0 radical (unpaired) electrons. The quantitative estimate of drug-likeness (QED) is 0.515. The molecule has 3 heteroatoms. The highest BCUT2D eigenvalue weighted by Gasteiger charge is 2.45. The van der Waals surface area contributed by atoms with Gasteiger partial charge in [-0.15, -0.1) is 0 Å². The molecule has 0 amide bonds. The van der Waals surface area contributed by atoms with Gasteiger partial charge in [0.15, 0.2) is 0 Å². The molecule has 0 unspecified atom stereocenters. The highest BCUT2D eigenvalue weighted by Crippen LogP contribution is 2.38. The largest absolute Gasteiger partial charge is 0.465 e. The third-order valence-electron chi connectivity index (χ3n) is 3.05. The van der Waals surface area contributed by atoms with Crippen molar-refractivity contribution in [2.75, 3.05) is 6.61 Å². The standard InChI is InChI=1S/C11H18O3/c1-3-14-10(13)11(9(2)12)7-5-4-6-8-11/h3-8H2,1-2H3. The monoisotopic (exact) mass is 198 g/mol. The van der Waals surface area contributed by atoms with Crippen molar-refractivity contribution in [1.29, 1.82) is 0 Å². The highest BCUT2D eigenvalue weighted by molar-refractivity contribution is 6.02. The van der Waals surface area contributed by atoms with Gasteiger partial charge in [0.2, 0.25) is 0 Å². The van der Waals surface area contributed by atoms with Crippen LogP contribution in [0.15, 0.2) is 0 Å². The van der Waals surface area contributed by atoms with Gasteiger partial charge in [-0.05, 0) is 26.7 Å². The van der Waals surface area contributed by atoms with Gasteiger partial charge >= 0.3 is 5.97 Å². The van der Waals surface area contributed by atoms with Crippen LogP contribution in [0.3, 0.4) is 0 Å². The average Bonchev–Trinajstić information content (AvgIpc) is 2.19. The van der Waals surface area contributed by atoms with E-state index in [1.165, 1.54) is 6.92 Å². The first-order chi connectivity index (χ1) is 6.63. The molecule has 0 aromatic carbocycles. The lowest BCUT2D eigenvalue weighted by molar-refractivity contribution is -0.161. The van der Waals surface area contributed by atoms with E-state index < -0.39 is 5.41 Å². The van der Waals surface area contributed by atoms with Gasteiger partial charge in [-0.25, -0.2) is 0 Å². The molecule has 3 nitrogen and oxygen atoms in total. The molecular formula is C11H18O3. The summed E-state index contributed by atoms with van der Waals surface area (Å²) in [5, 5.41) is 0. The van der Waals surface area contributed by atoms with Crippen molar-refractivity contribution in [3.05, 3.63) is 0 Å². The molecule has 0 heterocycles. The predicted octanol–water partition coefficient (Wildman–Crippen LogP) is 2.09. The SMILES string of the molecule is CCOC(=O)C1(C(C)=O)CCCCC1. The van der Waals surface area contributed by atoms with Crippen molar-refractivity contribution in [3.63, 3.8) is 0 Å². The maximum atomic E-state index is 11.7. The van der Waals surface area contributed by atoms with Crippen molar-refractivity contribution in [1.82, 2.24) is 0 Å². The minimum Gasteiger partial charge on any atom is -0.465 e. The summed E-state index contributed by atoms with van der Waals surface area (Å²) in [6.45, 7) is 3.63. The summed E-state index contributed by atoms with van der Waals surface area (Å²) in [5.74, 6) is -0.345. The molecule has 0 spiro atoms. The van der Waals surface area contributed by atoms with E-state index in [4.69, 9.17) is 4.74 Å². The molecule has 1 aliphatic rings. The van der Waals surface area contributed by atoms with Crippen LogP contribution in [0.2, 0.25) is 0 Å². The number of ether oxygens (including phenoxy) is 1. The van der Waals surface area contributed by atoms with Gasteiger partial charge in [0.1, 0.15) is 11.2 Å². The van der Waals surface area contributed by atoms with Gasteiger partial charge in [-0.3, -0.25) is 9.59 Å². The Hall–Kier alpha value is -0.860. The summed E-state index contributed by atoms with van der Waals surface area (Å²) in [6, 6.07) is 0. The van der Waals surface area contributed by atoms with Crippen molar-refractivity contribution >= 4 is 11.8 Å². The Bertz CT molecular complexity index is 227. The lowest BCUT2D eigenvalue weighted by Crippen LogP contribution is -2.41. The zero-order valence-electron chi connectivity index (χ0n) is 8.97. The van der Waals surface area contributed by atoms with Crippen LogP contribution in [0.25, 0.3) is 0 Å².